The molecule has 0 unspecified atom stereocenters. The zero-order valence-corrected chi connectivity index (χ0v) is 9.14. The van der Waals surface area contributed by atoms with Gasteiger partial charge in [0.15, 0.2) is 11.5 Å². The van der Waals surface area contributed by atoms with Gasteiger partial charge in [-0.15, -0.1) is 0 Å². The minimum atomic E-state index is -0.421. The lowest BCUT2D eigenvalue weighted by Crippen LogP contribution is -2.15. The molecule has 1 aromatic carbocycles. The molecule has 0 N–H and O–H groups in total. The summed E-state index contributed by atoms with van der Waals surface area (Å²) in [4.78, 5) is 22.9. The maximum Gasteiger partial charge on any atom is 0.231 e. The average Bonchev–Trinajstić information content (AvgIpc) is 2.32. The topological polar surface area (TPSA) is 48.3 Å². The van der Waals surface area contributed by atoms with Crippen LogP contribution in [0, 0.1) is 0 Å². The van der Waals surface area contributed by atoms with E-state index in [9.17, 15) is 14.1 Å². The molecule has 0 aliphatic rings. The predicted octanol–water partition coefficient (Wildman–Crippen LogP) is 1.70. The standard InChI is InChI=1S/C12H10FNO3/c1-8(15)7-17-11-6-14(13)10-5-3-2-4-9(10)12(11)16/h2-6H,7H2,1H3. The molecule has 0 radical (unpaired) electrons. The number of aromatic nitrogens is 1. The summed E-state index contributed by atoms with van der Waals surface area (Å²) in [6, 6.07) is 6.27. The van der Waals surface area contributed by atoms with E-state index in [4.69, 9.17) is 4.74 Å². The van der Waals surface area contributed by atoms with Crippen LogP contribution in [0.3, 0.4) is 0 Å². The molecule has 0 saturated carbocycles. The number of para-hydroxylation sites is 1. The Kier molecular flexibility index (Phi) is 2.91. The van der Waals surface area contributed by atoms with Crippen LogP contribution in [0.1, 0.15) is 6.92 Å². The fourth-order valence-electron chi connectivity index (χ4n) is 1.50. The van der Waals surface area contributed by atoms with E-state index in [1.165, 1.54) is 19.1 Å². The third-order valence-corrected chi connectivity index (χ3v) is 2.26. The van der Waals surface area contributed by atoms with E-state index in [0.29, 0.717) is 4.79 Å². The normalized spacial score (nSPS) is 10.5. The number of Topliss-reactive ketones (excluding diaryl/α,β-unsaturated/α-hetero) is 1. The van der Waals surface area contributed by atoms with Gasteiger partial charge in [0.05, 0.1) is 17.1 Å². The number of hydrogen-bond acceptors (Lipinski definition) is 3. The number of ether oxygens (including phenoxy) is 1. The third kappa shape index (κ3) is 2.18. The van der Waals surface area contributed by atoms with Crippen molar-refractivity contribution in [1.29, 1.82) is 0 Å². The summed E-state index contributed by atoms with van der Waals surface area (Å²) in [5.74, 6) is -0.399. The quantitative estimate of drug-likeness (QED) is 0.813. The van der Waals surface area contributed by atoms with Crippen LogP contribution in [0.25, 0.3) is 10.9 Å². The van der Waals surface area contributed by atoms with Gasteiger partial charge >= 0.3 is 0 Å². The number of nitrogens with zero attached hydrogens (tertiary/aromatic N) is 1. The van der Waals surface area contributed by atoms with Crippen molar-refractivity contribution in [3.63, 3.8) is 0 Å². The first-order valence-electron chi connectivity index (χ1n) is 5.02. The van der Waals surface area contributed by atoms with Crippen LogP contribution < -0.4 is 10.2 Å². The van der Waals surface area contributed by atoms with E-state index in [2.05, 4.69) is 0 Å². The summed E-state index contributed by atoms with van der Waals surface area (Å²) < 4.78 is 18.5. The number of ketones is 1. The highest BCUT2D eigenvalue weighted by atomic mass is 19.2. The molecule has 0 fully saturated rings. The van der Waals surface area contributed by atoms with E-state index in [-0.39, 0.29) is 29.0 Å². The fourth-order valence-corrected chi connectivity index (χ4v) is 1.50. The minimum Gasteiger partial charge on any atom is -0.480 e. The number of hydrogen-bond donors (Lipinski definition) is 0. The first-order valence-corrected chi connectivity index (χ1v) is 5.02. The van der Waals surface area contributed by atoms with Crippen molar-refractivity contribution in [1.82, 2.24) is 4.79 Å². The van der Waals surface area contributed by atoms with E-state index < -0.39 is 5.43 Å². The molecule has 17 heavy (non-hydrogen) atoms. The number of carbonyl (C=O) groups excluding carboxylic acids is 1. The highest BCUT2D eigenvalue weighted by Crippen LogP contribution is 2.15. The number of halogens is 1. The molecule has 1 aromatic heterocycles. The van der Waals surface area contributed by atoms with Gasteiger partial charge in [-0.25, -0.2) is 0 Å². The highest BCUT2D eigenvalue weighted by molar-refractivity contribution is 5.80. The van der Waals surface area contributed by atoms with Crippen LogP contribution in [0.5, 0.6) is 5.75 Å². The number of carbonyl (C=O) groups is 1. The van der Waals surface area contributed by atoms with Crippen LogP contribution in [0.2, 0.25) is 0 Å². The highest BCUT2D eigenvalue weighted by Gasteiger charge is 2.10. The summed E-state index contributed by atoms with van der Waals surface area (Å²) in [5.41, 5.74) is -0.247. The van der Waals surface area contributed by atoms with Gasteiger partial charge in [0, 0.05) is 0 Å². The molecule has 0 aliphatic carbocycles. The molecule has 0 aliphatic heterocycles. The first-order chi connectivity index (χ1) is 8.09. The zero-order valence-electron chi connectivity index (χ0n) is 9.14. The number of pyridine rings is 1. The zero-order chi connectivity index (χ0) is 12.4. The van der Waals surface area contributed by atoms with Gasteiger partial charge in [-0.05, 0) is 19.1 Å². The minimum absolute atomic E-state index is 0.165. The lowest BCUT2D eigenvalue weighted by Gasteiger charge is -2.06. The third-order valence-electron chi connectivity index (χ3n) is 2.26. The molecular formula is C12H10FNO3. The van der Waals surface area contributed by atoms with Crippen LogP contribution in [0.4, 0.5) is 4.48 Å². The van der Waals surface area contributed by atoms with Crippen molar-refractivity contribution in [2.75, 3.05) is 6.61 Å². The molecular weight excluding hydrogens is 225 g/mol. The smallest absolute Gasteiger partial charge is 0.231 e. The van der Waals surface area contributed by atoms with E-state index in [1.807, 2.05) is 0 Å². The molecule has 0 saturated heterocycles. The maximum atomic E-state index is 13.6. The van der Waals surface area contributed by atoms with Gasteiger partial charge in [0.25, 0.3) is 0 Å². The molecule has 2 aromatic rings. The Morgan fingerprint density at radius 3 is 2.82 bits per heavy atom. The van der Waals surface area contributed by atoms with Crippen molar-refractivity contribution in [2.45, 2.75) is 6.92 Å². The van der Waals surface area contributed by atoms with Crippen molar-refractivity contribution in [3.8, 4) is 5.75 Å². The first kappa shape index (κ1) is 11.3. The Balaban J connectivity index is 2.55. The summed E-state index contributed by atoms with van der Waals surface area (Å²) in [6.45, 7) is 1.09. The number of benzene rings is 1. The summed E-state index contributed by atoms with van der Waals surface area (Å²) in [6.07, 6.45) is 0.938. The Morgan fingerprint density at radius 2 is 2.12 bits per heavy atom. The Morgan fingerprint density at radius 1 is 1.41 bits per heavy atom. The Hall–Kier alpha value is -2.17. The lowest BCUT2D eigenvalue weighted by atomic mass is 10.2. The molecule has 0 spiro atoms. The molecule has 88 valence electrons. The monoisotopic (exact) mass is 235 g/mol. The Labute approximate surface area is 96.2 Å². The van der Waals surface area contributed by atoms with Crippen LogP contribution >= 0.6 is 0 Å². The second-order valence-electron chi connectivity index (χ2n) is 3.64. The lowest BCUT2D eigenvalue weighted by molar-refractivity contribution is -0.118. The average molecular weight is 235 g/mol. The number of rotatable bonds is 3. The second-order valence-corrected chi connectivity index (χ2v) is 3.64. The molecule has 0 amide bonds. The predicted molar refractivity (Wildman–Crippen MR) is 60.9 cm³/mol. The van der Waals surface area contributed by atoms with Gasteiger partial charge in [-0.3, -0.25) is 9.59 Å². The molecule has 1 heterocycles. The molecule has 0 bridgehead atoms. The van der Waals surface area contributed by atoms with Crippen molar-refractivity contribution in [3.05, 3.63) is 40.7 Å². The maximum absolute atomic E-state index is 13.6. The van der Waals surface area contributed by atoms with Gasteiger partial charge in [0.2, 0.25) is 5.43 Å². The van der Waals surface area contributed by atoms with Crippen molar-refractivity contribution >= 4 is 16.7 Å². The van der Waals surface area contributed by atoms with Crippen molar-refractivity contribution < 1.29 is 14.0 Å². The fraction of sp³-hybridized carbons (Fsp3) is 0.167. The SMILES string of the molecule is CC(=O)COc1cn(F)c2ccccc2c1=O. The molecule has 2 rings (SSSR count). The van der Waals surface area contributed by atoms with Crippen LogP contribution in [0.15, 0.2) is 35.3 Å². The molecule has 5 heteroatoms. The van der Waals surface area contributed by atoms with E-state index in [0.717, 1.165) is 6.20 Å². The van der Waals surface area contributed by atoms with Gasteiger partial charge in [-0.1, -0.05) is 16.6 Å². The molecule has 0 atom stereocenters. The van der Waals surface area contributed by atoms with Gasteiger partial charge < -0.3 is 4.74 Å². The summed E-state index contributed by atoms with van der Waals surface area (Å²) in [7, 11) is 0. The summed E-state index contributed by atoms with van der Waals surface area (Å²) in [5, 5.41) is 0.219. The van der Waals surface area contributed by atoms with Gasteiger partial charge in [-0.2, -0.15) is 4.79 Å². The molecule has 4 nitrogen and oxygen atoms in total. The Bertz CT molecular complexity index is 633. The van der Waals surface area contributed by atoms with Crippen molar-refractivity contribution in [2.24, 2.45) is 0 Å². The second kappa shape index (κ2) is 4.37. The van der Waals surface area contributed by atoms with E-state index in [1.54, 1.807) is 12.1 Å². The van der Waals surface area contributed by atoms with Crippen LogP contribution in [-0.4, -0.2) is 17.2 Å². The summed E-state index contributed by atoms with van der Waals surface area (Å²) >= 11 is 0. The van der Waals surface area contributed by atoms with E-state index >= 15 is 0 Å². The number of fused-ring (bicyclic) bond motifs is 1. The van der Waals surface area contributed by atoms with Gasteiger partial charge in [0.1, 0.15) is 6.61 Å². The largest absolute Gasteiger partial charge is 0.480 e. The van der Waals surface area contributed by atoms with Crippen LogP contribution in [-0.2, 0) is 4.79 Å².